The molecule has 0 aromatic carbocycles. The summed E-state index contributed by atoms with van der Waals surface area (Å²) in [6.45, 7) is 4.94. The van der Waals surface area contributed by atoms with Crippen LogP contribution in [0.5, 0.6) is 0 Å². The van der Waals surface area contributed by atoms with E-state index in [9.17, 15) is 0 Å². The number of hydrogen-bond acceptors (Lipinski definition) is 0. The van der Waals surface area contributed by atoms with Crippen molar-refractivity contribution in [2.24, 2.45) is 0 Å². The Balaban J connectivity index is 2.31. The van der Waals surface area contributed by atoms with E-state index in [0.29, 0.717) is 0 Å². The molecule has 1 saturated heterocycles. The predicted octanol–water partition coefficient (Wildman–Crippen LogP) is 2.10. The molecule has 1 aliphatic heterocycles. The Labute approximate surface area is 40.6 Å². The second-order valence-corrected chi connectivity index (χ2v) is 8.35. The highest BCUT2D eigenvalue weighted by atomic mass is 28.3. The molecular formula is C5H12Si. The minimum atomic E-state index is -0.451. The molecule has 0 bridgehead atoms. The minimum Gasteiger partial charge on any atom is -0.0693 e. The van der Waals surface area contributed by atoms with E-state index in [4.69, 9.17) is 0 Å². The SMILES string of the molecule is C[Si]1(C)CCC1. The maximum Gasteiger partial charge on any atom is 0.0473 e. The van der Waals surface area contributed by atoms with E-state index in [1.54, 1.807) is 12.1 Å². The molecule has 0 amide bonds. The Hall–Kier alpha value is 0.217. The Kier molecular flexibility index (Phi) is 0.797. The highest BCUT2D eigenvalue weighted by Crippen LogP contribution is 2.30. The molecule has 0 aromatic rings. The zero-order chi connectivity index (χ0) is 4.62. The monoisotopic (exact) mass is 100 g/mol. The van der Waals surface area contributed by atoms with Crippen molar-refractivity contribution in [3.63, 3.8) is 0 Å². The Morgan fingerprint density at radius 2 is 1.50 bits per heavy atom. The molecule has 0 nitrogen and oxygen atoms in total. The van der Waals surface area contributed by atoms with Crippen molar-refractivity contribution in [3.8, 4) is 0 Å². The summed E-state index contributed by atoms with van der Waals surface area (Å²) < 4.78 is 0. The second-order valence-electron chi connectivity index (χ2n) is 3.02. The maximum atomic E-state index is 2.47. The average molecular weight is 100 g/mol. The van der Waals surface area contributed by atoms with Gasteiger partial charge in [0, 0.05) is 8.07 Å². The van der Waals surface area contributed by atoms with Crippen LogP contribution < -0.4 is 0 Å². The molecule has 0 radical (unpaired) electrons. The standard InChI is InChI=1S/C5H12Si/c1-6(2)4-3-5-6/h3-5H2,1-2H3. The summed E-state index contributed by atoms with van der Waals surface area (Å²) in [7, 11) is -0.451. The molecule has 1 heteroatoms. The van der Waals surface area contributed by atoms with Gasteiger partial charge in [0.05, 0.1) is 0 Å². The van der Waals surface area contributed by atoms with Crippen molar-refractivity contribution < 1.29 is 0 Å². The van der Waals surface area contributed by atoms with Crippen LogP contribution >= 0.6 is 0 Å². The fraction of sp³-hybridized carbons (Fsp3) is 1.00. The largest absolute Gasteiger partial charge is 0.0693 e. The molecule has 0 N–H and O–H groups in total. The third-order valence-electron chi connectivity index (χ3n) is 1.71. The van der Waals surface area contributed by atoms with Crippen molar-refractivity contribution in [3.05, 3.63) is 0 Å². The lowest BCUT2D eigenvalue weighted by atomic mass is 10.5. The summed E-state index contributed by atoms with van der Waals surface area (Å²) in [6, 6.07) is 3.18. The van der Waals surface area contributed by atoms with Gasteiger partial charge >= 0.3 is 0 Å². The summed E-state index contributed by atoms with van der Waals surface area (Å²) >= 11 is 0. The van der Waals surface area contributed by atoms with Gasteiger partial charge < -0.3 is 0 Å². The Morgan fingerprint density at radius 3 is 1.50 bits per heavy atom. The van der Waals surface area contributed by atoms with Crippen LogP contribution in [-0.2, 0) is 0 Å². The van der Waals surface area contributed by atoms with Crippen molar-refractivity contribution in [2.45, 2.75) is 31.6 Å². The van der Waals surface area contributed by atoms with Crippen molar-refractivity contribution in [1.82, 2.24) is 0 Å². The molecule has 1 rings (SSSR count). The fourth-order valence-electron chi connectivity index (χ4n) is 0.884. The van der Waals surface area contributed by atoms with Gasteiger partial charge in [0.2, 0.25) is 0 Å². The molecule has 0 aliphatic carbocycles. The van der Waals surface area contributed by atoms with Gasteiger partial charge in [0.15, 0.2) is 0 Å². The van der Waals surface area contributed by atoms with Gasteiger partial charge in [-0.3, -0.25) is 0 Å². The first-order valence-electron chi connectivity index (χ1n) is 2.71. The van der Waals surface area contributed by atoms with Crippen LogP contribution in [0.2, 0.25) is 25.2 Å². The van der Waals surface area contributed by atoms with E-state index >= 15 is 0 Å². The zero-order valence-electron chi connectivity index (χ0n) is 4.62. The number of rotatable bonds is 0. The molecule has 36 valence electrons. The van der Waals surface area contributed by atoms with Gasteiger partial charge in [-0.1, -0.05) is 31.6 Å². The molecule has 0 saturated carbocycles. The lowest BCUT2D eigenvalue weighted by molar-refractivity contribution is 0.906. The first kappa shape index (κ1) is 4.38. The van der Waals surface area contributed by atoms with Crippen LogP contribution in [-0.4, -0.2) is 8.07 Å². The highest BCUT2D eigenvalue weighted by Gasteiger charge is 2.27. The molecule has 0 aromatic heterocycles. The second kappa shape index (κ2) is 1.09. The van der Waals surface area contributed by atoms with E-state index in [1.807, 2.05) is 0 Å². The van der Waals surface area contributed by atoms with E-state index in [1.165, 1.54) is 6.42 Å². The van der Waals surface area contributed by atoms with Gasteiger partial charge in [0.25, 0.3) is 0 Å². The Bertz CT molecular complexity index is 51.0. The topological polar surface area (TPSA) is 0 Å². The van der Waals surface area contributed by atoms with Gasteiger partial charge in [-0.25, -0.2) is 0 Å². The normalized spacial score (nSPS) is 29.0. The van der Waals surface area contributed by atoms with Crippen molar-refractivity contribution >= 4 is 8.07 Å². The lowest BCUT2D eigenvalue weighted by Crippen LogP contribution is -2.32. The van der Waals surface area contributed by atoms with E-state index in [0.717, 1.165) is 0 Å². The van der Waals surface area contributed by atoms with Crippen LogP contribution in [0.15, 0.2) is 0 Å². The van der Waals surface area contributed by atoms with E-state index < -0.39 is 8.07 Å². The maximum absolute atomic E-state index is 2.47. The summed E-state index contributed by atoms with van der Waals surface area (Å²) in [5, 5.41) is 0. The summed E-state index contributed by atoms with van der Waals surface area (Å²) in [6.07, 6.45) is 1.53. The number of hydrogen-bond donors (Lipinski definition) is 0. The summed E-state index contributed by atoms with van der Waals surface area (Å²) in [5.41, 5.74) is 0. The lowest BCUT2D eigenvalue weighted by Gasteiger charge is -2.31. The van der Waals surface area contributed by atoms with Crippen molar-refractivity contribution in [1.29, 1.82) is 0 Å². The first-order chi connectivity index (χ1) is 2.71. The molecule has 0 atom stereocenters. The molecule has 1 heterocycles. The van der Waals surface area contributed by atoms with Crippen molar-refractivity contribution in [2.75, 3.05) is 0 Å². The third-order valence-corrected chi connectivity index (χ3v) is 5.12. The van der Waals surface area contributed by atoms with Crippen LogP contribution in [0, 0.1) is 0 Å². The molecule has 6 heavy (non-hydrogen) atoms. The van der Waals surface area contributed by atoms with Crippen LogP contribution in [0.3, 0.4) is 0 Å². The zero-order valence-corrected chi connectivity index (χ0v) is 5.62. The third kappa shape index (κ3) is 0.646. The van der Waals surface area contributed by atoms with Gasteiger partial charge in [-0.05, 0) is 0 Å². The fourth-order valence-corrected chi connectivity index (χ4v) is 2.65. The molecule has 0 unspecified atom stereocenters. The molecule has 0 spiro atoms. The smallest absolute Gasteiger partial charge is 0.0473 e. The first-order valence-corrected chi connectivity index (χ1v) is 6.12. The van der Waals surface area contributed by atoms with Crippen LogP contribution in [0.4, 0.5) is 0 Å². The summed E-state index contributed by atoms with van der Waals surface area (Å²) in [4.78, 5) is 0. The highest BCUT2D eigenvalue weighted by molar-refractivity contribution is 6.79. The quantitative estimate of drug-likeness (QED) is 0.409. The molecular weight excluding hydrogens is 88.1 g/mol. The Morgan fingerprint density at radius 1 is 1.17 bits per heavy atom. The van der Waals surface area contributed by atoms with Gasteiger partial charge in [-0.2, -0.15) is 0 Å². The molecule has 1 fully saturated rings. The average Bonchev–Trinajstić information content (AvgIpc) is 1.32. The summed E-state index contributed by atoms with van der Waals surface area (Å²) in [5.74, 6) is 0. The van der Waals surface area contributed by atoms with E-state index in [-0.39, 0.29) is 0 Å². The molecule has 1 aliphatic rings. The minimum absolute atomic E-state index is 0.451. The predicted molar refractivity (Wildman–Crippen MR) is 31.7 cm³/mol. The van der Waals surface area contributed by atoms with Gasteiger partial charge in [-0.15, -0.1) is 0 Å². The van der Waals surface area contributed by atoms with E-state index in [2.05, 4.69) is 13.1 Å². The van der Waals surface area contributed by atoms with Crippen LogP contribution in [0.1, 0.15) is 6.42 Å². The van der Waals surface area contributed by atoms with Gasteiger partial charge in [0.1, 0.15) is 0 Å². The van der Waals surface area contributed by atoms with Crippen LogP contribution in [0.25, 0.3) is 0 Å².